The van der Waals surface area contributed by atoms with E-state index in [0.29, 0.717) is 17.9 Å². The minimum atomic E-state index is -0.317. The van der Waals surface area contributed by atoms with Gasteiger partial charge in [-0.25, -0.2) is 4.79 Å². The van der Waals surface area contributed by atoms with Gasteiger partial charge in [0.15, 0.2) is 0 Å². The Bertz CT molecular complexity index is 912. The number of urea groups is 1. The van der Waals surface area contributed by atoms with Crippen LogP contribution in [0.1, 0.15) is 11.6 Å². The number of hydrogen-bond donors (Lipinski definition) is 2. The first kappa shape index (κ1) is 19.3. The van der Waals surface area contributed by atoms with Gasteiger partial charge in [0.1, 0.15) is 12.1 Å². The number of nitrogens with zero attached hydrogens (tertiary/aromatic N) is 5. The van der Waals surface area contributed by atoms with E-state index in [1.165, 1.54) is 11.0 Å². The highest BCUT2D eigenvalue weighted by atomic mass is 16.5. The molecule has 9 heteroatoms. The molecule has 146 valence electrons. The number of methoxy groups -OCH3 is 1. The first-order chi connectivity index (χ1) is 13.6. The summed E-state index contributed by atoms with van der Waals surface area (Å²) >= 11 is 0. The number of tetrazole rings is 1. The molecule has 1 heterocycles. The largest absolute Gasteiger partial charge is 0.496 e. The number of carbonyl (C=O) groups excluding carboxylic acids is 1. The Labute approximate surface area is 163 Å². The van der Waals surface area contributed by atoms with Crippen LogP contribution in [0.4, 0.5) is 10.5 Å². The van der Waals surface area contributed by atoms with Crippen molar-refractivity contribution in [1.82, 2.24) is 30.4 Å². The van der Waals surface area contributed by atoms with Crippen molar-refractivity contribution in [3.63, 3.8) is 0 Å². The third kappa shape index (κ3) is 4.44. The van der Waals surface area contributed by atoms with Gasteiger partial charge in [0.2, 0.25) is 0 Å². The fraction of sp³-hybridized carbons (Fsp3) is 0.263. The summed E-state index contributed by atoms with van der Waals surface area (Å²) in [6.07, 6.45) is 1.47. The van der Waals surface area contributed by atoms with Crippen LogP contribution in [0.5, 0.6) is 5.75 Å². The van der Waals surface area contributed by atoms with Crippen LogP contribution in [-0.4, -0.2) is 58.9 Å². The maximum atomic E-state index is 12.5. The van der Waals surface area contributed by atoms with Gasteiger partial charge in [0, 0.05) is 12.1 Å². The highest BCUT2D eigenvalue weighted by Crippen LogP contribution is 2.27. The molecule has 0 radical (unpaired) electrons. The Morgan fingerprint density at radius 2 is 1.93 bits per heavy atom. The van der Waals surface area contributed by atoms with E-state index in [1.807, 2.05) is 61.5 Å². The third-order valence-electron chi connectivity index (χ3n) is 4.33. The smallest absolute Gasteiger partial charge is 0.319 e. The molecule has 3 aromatic rings. The fourth-order valence-corrected chi connectivity index (χ4v) is 2.92. The highest BCUT2D eigenvalue weighted by Gasteiger charge is 2.19. The topological polar surface area (TPSA) is 97.2 Å². The molecule has 0 aliphatic carbocycles. The van der Waals surface area contributed by atoms with E-state index < -0.39 is 0 Å². The van der Waals surface area contributed by atoms with Gasteiger partial charge in [-0.1, -0.05) is 30.3 Å². The number of hydrogen-bond acceptors (Lipinski definition) is 6. The van der Waals surface area contributed by atoms with Crippen LogP contribution in [-0.2, 0) is 0 Å². The van der Waals surface area contributed by atoms with Gasteiger partial charge in [-0.3, -0.25) is 0 Å². The number of aromatic nitrogens is 4. The Balaban J connectivity index is 1.70. The van der Waals surface area contributed by atoms with Gasteiger partial charge in [0.25, 0.3) is 0 Å². The van der Waals surface area contributed by atoms with Gasteiger partial charge in [-0.15, -0.1) is 5.10 Å². The Kier molecular flexibility index (Phi) is 6.18. The number of ether oxygens (including phenoxy) is 1. The zero-order valence-corrected chi connectivity index (χ0v) is 16.0. The second kappa shape index (κ2) is 8.96. The molecule has 2 aromatic carbocycles. The molecular formula is C19H23N7O2. The molecule has 0 unspecified atom stereocenters. The molecule has 1 aromatic heterocycles. The second-order valence-electron chi connectivity index (χ2n) is 6.33. The molecule has 0 bridgehead atoms. The van der Waals surface area contributed by atoms with E-state index in [4.69, 9.17) is 4.74 Å². The van der Waals surface area contributed by atoms with Crippen LogP contribution in [0.15, 0.2) is 54.9 Å². The monoisotopic (exact) mass is 381 g/mol. The van der Waals surface area contributed by atoms with Crippen LogP contribution >= 0.6 is 0 Å². The van der Waals surface area contributed by atoms with E-state index in [9.17, 15) is 4.79 Å². The molecule has 1 atom stereocenters. The van der Waals surface area contributed by atoms with Gasteiger partial charge < -0.3 is 20.3 Å². The molecule has 0 saturated carbocycles. The average Bonchev–Trinajstić information content (AvgIpc) is 3.23. The molecular weight excluding hydrogens is 358 g/mol. The first-order valence-corrected chi connectivity index (χ1v) is 8.76. The summed E-state index contributed by atoms with van der Waals surface area (Å²) in [7, 11) is 5.56. The second-order valence-corrected chi connectivity index (χ2v) is 6.33. The fourth-order valence-electron chi connectivity index (χ4n) is 2.92. The summed E-state index contributed by atoms with van der Waals surface area (Å²) in [5, 5.41) is 16.9. The zero-order valence-electron chi connectivity index (χ0n) is 16.0. The lowest BCUT2D eigenvalue weighted by atomic mass is 10.0. The lowest BCUT2D eigenvalue weighted by Gasteiger charge is -2.26. The van der Waals surface area contributed by atoms with Crippen molar-refractivity contribution in [1.29, 1.82) is 0 Å². The molecule has 0 saturated heterocycles. The number of amides is 2. The third-order valence-corrected chi connectivity index (χ3v) is 4.33. The number of anilines is 1. The Morgan fingerprint density at radius 1 is 1.18 bits per heavy atom. The van der Waals surface area contributed by atoms with Crippen molar-refractivity contribution in [3.05, 3.63) is 60.4 Å². The number of nitrogens with one attached hydrogen (secondary N) is 2. The summed E-state index contributed by atoms with van der Waals surface area (Å²) in [6, 6.07) is 14.7. The lowest BCUT2D eigenvalue weighted by Crippen LogP contribution is -2.37. The summed E-state index contributed by atoms with van der Waals surface area (Å²) in [5.41, 5.74) is 2.28. The van der Waals surface area contributed by atoms with Gasteiger partial charge in [-0.2, -0.15) is 4.68 Å². The van der Waals surface area contributed by atoms with E-state index in [-0.39, 0.29) is 12.1 Å². The average molecular weight is 381 g/mol. The number of rotatable bonds is 7. The zero-order chi connectivity index (χ0) is 19.9. The molecule has 2 N–H and O–H groups in total. The molecule has 28 heavy (non-hydrogen) atoms. The SMILES string of the molecule is COc1ccccc1[C@@H](CNC(=O)Nc1ccccc1-n1cnnn1)N(C)C. The molecule has 0 aliphatic rings. The minimum absolute atomic E-state index is 0.0448. The van der Waals surface area contributed by atoms with Crippen LogP contribution in [0.3, 0.4) is 0 Å². The number of likely N-dealkylation sites (N-methyl/N-ethyl adjacent to an activating group) is 1. The predicted octanol–water partition coefficient (Wildman–Crippen LogP) is 2.10. The normalized spacial score (nSPS) is 11.9. The van der Waals surface area contributed by atoms with Crippen LogP contribution in [0.2, 0.25) is 0 Å². The Hall–Kier alpha value is -3.46. The highest BCUT2D eigenvalue weighted by molar-refractivity contribution is 5.91. The van der Waals surface area contributed by atoms with E-state index in [1.54, 1.807) is 13.2 Å². The van der Waals surface area contributed by atoms with Crippen LogP contribution < -0.4 is 15.4 Å². The van der Waals surface area contributed by atoms with Gasteiger partial charge in [-0.05, 0) is 42.7 Å². The molecule has 0 aliphatic heterocycles. The summed E-state index contributed by atoms with van der Waals surface area (Å²) in [5.74, 6) is 0.785. The molecule has 3 rings (SSSR count). The number of para-hydroxylation sites is 3. The minimum Gasteiger partial charge on any atom is -0.496 e. The maximum absolute atomic E-state index is 12.5. The van der Waals surface area contributed by atoms with E-state index in [0.717, 1.165) is 11.3 Å². The van der Waals surface area contributed by atoms with Crippen molar-refractivity contribution in [2.75, 3.05) is 33.1 Å². The molecule has 2 amide bonds. The van der Waals surface area contributed by atoms with Crippen molar-refractivity contribution in [3.8, 4) is 11.4 Å². The van der Waals surface area contributed by atoms with Crippen molar-refractivity contribution < 1.29 is 9.53 Å². The Morgan fingerprint density at radius 3 is 2.64 bits per heavy atom. The van der Waals surface area contributed by atoms with E-state index in [2.05, 4.69) is 26.2 Å². The van der Waals surface area contributed by atoms with Crippen molar-refractivity contribution in [2.24, 2.45) is 0 Å². The van der Waals surface area contributed by atoms with Gasteiger partial charge in [0.05, 0.1) is 24.5 Å². The van der Waals surface area contributed by atoms with Crippen molar-refractivity contribution in [2.45, 2.75) is 6.04 Å². The number of carbonyl (C=O) groups is 1. The predicted molar refractivity (Wildman–Crippen MR) is 106 cm³/mol. The lowest BCUT2D eigenvalue weighted by molar-refractivity contribution is 0.242. The summed E-state index contributed by atoms with van der Waals surface area (Å²) in [6.45, 7) is 0.409. The van der Waals surface area contributed by atoms with Crippen molar-refractivity contribution >= 4 is 11.7 Å². The van der Waals surface area contributed by atoms with Crippen LogP contribution in [0.25, 0.3) is 5.69 Å². The van der Waals surface area contributed by atoms with E-state index >= 15 is 0 Å². The quantitative estimate of drug-likeness (QED) is 0.650. The molecule has 9 nitrogen and oxygen atoms in total. The first-order valence-electron chi connectivity index (χ1n) is 8.76. The maximum Gasteiger partial charge on any atom is 0.319 e. The molecule has 0 spiro atoms. The number of benzene rings is 2. The standard InChI is InChI=1S/C19H23N7O2/c1-25(2)17(14-8-4-7-11-18(14)28-3)12-20-19(27)22-15-9-5-6-10-16(15)26-13-21-23-24-26/h4-11,13,17H,12H2,1-3H3,(H2,20,22,27)/t17-/m1/s1. The summed E-state index contributed by atoms with van der Waals surface area (Å²) in [4.78, 5) is 14.5. The summed E-state index contributed by atoms with van der Waals surface area (Å²) < 4.78 is 6.95. The van der Waals surface area contributed by atoms with Crippen LogP contribution in [0, 0.1) is 0 Å². The van der Waals surface area contributed by atoms with Gasteiger partial charge >= 0.3 is 6.03 Å². The molecule has 0 fully saturated rings.